The first-order valence-electron chi connectivity index (χ1n) is 16.9. The van der Waals surface area contributed by atoms with E-state index in [0.717, 1.165) is 24.5 Å². The van der Waals surface area contributed by atoms with Crippen molar-refractivity contribution < 1.29 is 13.6 Å². The molecule has 1 atom stereocenters. The number of hydrogen-bond donors (Lipinski definition) is 0. The molecule has 238 valence electrons. The molecule has 0 saturated heterocycles. The zero-order chi connectivity index (χ0) is 31.3. The van der Waals surface area contributed by atoms with Gasteiger partial charge >= 0.3 is 234 Å². The van der Waals surface area contributed by atoms with Crippen molar-refractivity contribution in [2.24, 2.45) is 0 Å². The van der Waals surface area contributed by atoms with Gasteiger partial charge in [0.05, 0.1) is 0 Å². The first-order chi connectivity index (χ1) is 20.5. The maximum atomic E-state index is 7.08. The number of para-hydroxylation sites is 1. The van der Waals surface area contributed by atoms with Crippen molar-refractivity contribution in [2.75, 3.05) is 0 Å². The standard InChI is InChI=1S/C25H32NO3Si.3C4H9.Sn/c1-25(2,3)30(4,5)29-23(24-26-17-18-27-24)16-15-20-11-13-21(14-12-20)19-28-22-9-7-6-8-10-22;3*1-3-4-2;/h6-14,17,23H,15-16,19H2,1-5H3;3*1,3-4H2,2H3;. The normalized spacial score (nSPS) is 13.3. The number of rotatable bonds is 19. The van der Waals surface area contributed by atoms with Gasteiger partial charge in [-0.2, -0.15) is 0 Å². The Morgan fingerprint density at radius 2 is 1.37 bits per heavy atom. The van der Waals surface area contributed by atoms with Gasteiger partial charge in [-0.3, -0.25) is 0 Å². The van der Waals surface area contributed by atoms with Crippen molar-refractivity contribution in [3.8, 4) is 5.75 Å². The van der Waals surface area contributed by atoms with Gasteiger partial charge in [-0.1, -0.05) is 18.2 Å². The van der Waals surface area contributed by atoms with Crippen LogP contribution in [-0.4, -0.2) is 31.7 Å². The number of ether oxygens (including phenoxy) is 1. The van der Waals surface area contributed by atoms with E-state index in [1.807, 2.05) is 30.3 Å². The summed E-state index contributed by atoms with van der Waals surface area (Å²) in [6.07, 6.45) is 11.5. The zero-order valence-corrected chi connectivity index (χ0v) is 32.4. The van der Waals surface area contributed by atoms with E-state index in [-0.39, 0.29) is 11.1 Å². The van der Waals surface area contributed by atoms with Gasteiger partial charge in [0.25, 0.3) is 0 Å². The molecule has 0 spiro atoms. The Hall–Kier alpha value is -1.57. The van der Waals surface area contributed by atoms with Crippen LogP contribution >= 0.6 is 0 Å². The van der Waals surface area contributed by atoms with E-state index in [4.69, 9.17) is 18.6 Å². The molecule has 0 N–H and O–H groups in total. The molecule has 1 heterocycles. The van der Waals surface area contributed by atoms with Gasteiger partial charge in [0.1, 0.15) is 5.75 Å². The fourth-order valence-electron chi connectivity index (χ4n) is 5.52. The van der Waals surface area contributed by atoms with E-state index >= 15 is 0 Å². The van der Waals surface area contributed by atoms with Crippen LogP contribution in [0.4, 0.5) is 0 Å². The Balaban J connectivity index is 1.82. The monoisotopic (exact) mass is 713 g/mol. The Morgan fingerprint density at radius 1 is 0.814 bits per heavy atom. The minimum absolute atomic E-state index is 0.118. The number of aryl methyl sites for hydroxylation is 1. The molecule has 0 saturated carbocycles. The van der Waals surface area contributed by atoms with Crippen LogP contribution in [0.1, 0.15) is 110 Å². The summed E-state index contributed by atoms with van der Waals surface area (Å²) in [5, 5.41) is 0.118. The molecule has 3 aromatic rings. The summed E-state index contributed by atoms with van der Waals surface area (Å²) in [5.74, 6) is 1.72. The van der Waals surface area contributed by atoms with Gasteiger partial charge in [0.2, 0.25) is 0 Å². The van der Waals surface area contributed by atoms with Gasteiger partial charge < -0.3 is 0 Å². The second-order valence-corrected chi connectivity index (χ2v) is 31.7. The van der Waals surface area contributed by atoms with Crippen LogP contribution in [0.5, 0.6) is 5.75 Å². The molecule has 0 amide bonds. The molecule has 2 aromatic carbocycles. The minimum atomic E-state index is -2.71. The second-order valence-electron chi connectivity index (χ2n) is 14.0. The molecule has 4 nitrogen and oxygen atoms in total. The van der Waals surface area contributed by atoms with Crippen molar-refractivity contribution >= 4 is 30.5 Å². The SMILES string of the molecule is CCC[CH2][Sn]([CH2]CCC)([CH2]CCC)[c]1cnc(C(CCc2ccc(COc3ccccc3)cc2)O[Si](C)(C)C(C)(C)C)o1. The quantitative estimate of drug-likeness (QED) is 0.116. The fourth-order valence-corrected chi connectivity index (χ4v) is 21.8. The average Bonchev–Trinajstić information content (AvgIpc) is 3.49. The summed E-state index contributed by atoms with van der Waals surface area (Å²) < 4.78 is 25.4. The first-order valence-corrected chi connectivity index (χ1v) is 27.3. The summed E-state index contributed by atoms with van der Waals surface area (Å²) in [6.45, 7) is 19.2. The number of benzene rings is 2. The Morgan fingerprint density at radius 3 is 1.91 bits per heavy atom. The molecule has 0 aliphatic rings. The van der Waals surface area contributed by atoms with Crippen molar-refractivity contribution in [3.63, 3.8) is 0 Å². The molecule has 0 bridgehead atoms. The zero-order valence-electron chi connectivity index (χ0n) is 28.5. The molecule has 0 aliphatic carbocycles. The van der Waals surface area contributed by atoms with E-state index in [2.05, 4.69) is 85.1 Å². The summed E-state index contributed by atoms with van der Waals surface area (Å²) in [4.78, 5) is 5.02. The van der Waals surface area contributed by atoms with E-state index in [9.17, 15) is 0 Å². The van der Waals surface area contributed by atoms with E-state index in [0.29, 0.717) is 6.61 Å². The predicted octanol–water partition coefficient (Wildman–Crippen LogP) is 11.0. The van der Waals surface area contributed by atoms with Gasteiger partial charge in [-0.15, -0.1) is 0 Å². The number of aromatic nitrogens is 1. The third-order valence-corrected chi connectivity index (χ3v) is 28.8. The Labute approximate surface area is 268 Å². The Kier molecular flexibility index (Phi) is 14.4. The number of oxazole rings is 1. The third-order valence-electron chi connectivity index (χ3n) is 9.46. The molecule has 0 fully saturated rings. The van der Waals surface area contributed by atoms with Crippen molar-refractivity contribution in [1.29, 1.82) is 0 Å². The Bertz CT molecular complexity index is 1160. The maximum absolute atomic E-state index is 7.08. The van der Waals surface area contributed by atoms with Gasteiger partial charge in [0.15, 0.2) is 0 Å². The molecular formula is C37H59NO3SiSn. The molecule has 1 aromatic heterocycles. The van der Waals surface area contributed by atoms with Crippen LogP contribution in [-0.2, 0) is 17.5 Å². The average molecular weight is 713 g/mol. The molecule has 1 unspecified atom stereocenters. The topological polar surface area (TPSA) is 44.5 Å². The summed E-state index contributed by atoms with van der Waals surface area (Å²) in [5.41, 5.74) is 2.48. The third kappa shape index (κ3) is 10.8. The van der Waals surface area contributed by atoms with E-state index < -0.39 is 26.7 Å². The number of hydrogen-bond acceptors (Lipinski definition) is 4. The van der Waals surface area contributed by atoms with Crippen molar-refractivity contribution in [2.45, 2.75) is 137 Å². The predicted molar refractivity (Wildman–Crippen MR) is 188 cm³/mol. The number of unbranched alkanes of at least 4 members (excludes halogenated alkanes) is 3. The van der Waals surface area contributed by atoms with E-state index in [1.165, 1.54) is 66.7 Å². The van der Waals surface area contributed by atoms with Gasteiger partial charge in [-0.25, -0.2) is 0 Å². The molecular weight excluding hydrogens is 653 g/mol. The van der Waals surface area contributed by atoms with Crippen LogP contribution in [0.3, 0.4) is 0 Å². The van der Waals surface area contributed by atoms with Crippen LogP contribution in [0.25, 0.3) is 0 Å². The first kappa shape index (κ1) is 35.9. The fraction of sp³-hybridized carbons (Fsp3) is 0.595. The van der Waals surface area contributed by atoms with E-state index in [1.54, 1.807) is 0 Å². The van der Waals surface area contributed by atoms with Gasteiger partial charge in [-0.05, 0) is 12.1 Å². The molecule has 0 aliphatic heterocycles. The van der Waals surface area contributed by atoms with Crippen LogP contribution in [0.15, 0.2) is 65.2 Å². The van der Waals surface area contributed by atoms with Gasteiger partial charge in [0, 0.05) is 0 Å². The molecule has 3 rings (SSSR count). The summed E-state index contributed by atoms with van der Waals surface area (Å²) in [7, 11) is -2.04. The van der Waals surface area contributed by atoms with Crippen molar-refractivity contribution in [3.05, 3.63) is 77.8 Å². The molecule has 0 radical (unpaired) electrons. The van der Waals surface area contributed by atoms with Crippen molar-refractivity contribution in [1.82, 2.24) is 4.98 Å². The summed E-state index contributed by atoms with van der Waals surface area (Å²) >= 11 is -2.71. The molecule has 6 heteroatoms. The second kappa shape index (κ2) is 17.2. The molecule has 43 heavy (non-hydrogen) atoms. The summed E-state index contributed by atoms with van der Waals surface area (Å²) in [6, 6.07) is 18.8. The van der Waals surface area contributed by atoms with Crippen LogP contribution < -0.4 is 8.51 Å². The number of nitrogens with zero attached hydrogens (tertiary/aromatic N) is 1. The van der Waals surface area contributed by atoms with Crippen LogP contribution in [0.2, 0.25) is 31.4 Å². The van der Waals surface area contributed by atoms with Crippen LogP contribution in [0, 0.1) is 0 Å².